The Hall–Kier alpha value is -1.06. The molecule has 1 aromatic rings. The van der Waals surface area contributed by atoms with E-state index in [0.717, 1.165) is 17.9 Å². The van der Waals surface area contributed by atoms with Crippen LogP contribution in [0.25, 0.3) is 5.47 Å². The van der Waals surface area contributed by atoms with Crippen molar-refractivity contribution in [2.75, 3.05) is 0 Å². The maximum absolute atomic E-state index is 9.48. The van der Waals surface area contributed by atoms with E-state index in [4.69, 9.17) is 0 Å². The zero-order chi connectivity index (χ0) is 12.8. The van der Waals surface area contributed by atoms with E-state index in [1.54, 1.807) is 0 Å². The minimum atomic E-state index is -1.38. The lowest BCUT2D eigenvalue weighted by Crippen LogP contribution is -2.15. The summed E-state index contributed by atoms with van der Waals surface area (Å²) in [5.41, 5.74) is 1.55. The molecule has 0 heterocycles. The Kier molecular flexibility index (Phi) is 5.03. The van der Waals surface area contributed by atoms with Crippen molar-refractivity contribution in [2.24, 2.45) is 5.92 Å². The van der Waals surface area contributed by atoms with Crippen LogP contribution in [0.1, 0.15) is 44.1 Å². The fraction of sp³-hybridized carbons (Fsp3) is 0.467. The first kappa shape index (κ1) is 13.4. The monoisotopic (exact) mass is 244 g/mol. The van der Waals surface area contributed by atoms with Crippen molar-refractivity contribution in [3.8, 4) is 0 Å². The topological polar surface area (TPSA) is 40.5 Å². The van der Waals surface area contributed by atoms with Crippen molar-refractivity contribution >= 4 is 12.6 Å². The van der Waals surface area contributed by atoms with E-state index < -0.39 is 7.12 Å². The second kappa shape index (κ2) is 6.76. The van der Waals surface area contributed by atoms with Crippen molar-refractivity contribution in [3.05, 3.63) is 42.0 Å². The fourth-order valence-corrected chi connectivity index (χ4v) is 2.72. The van der Waals surface area contributed by atoms with Gasteiger partial charge in [0.05, 0.1) is 0 Å². The predicted octanol–water partition coefficient (Wildman–Crippen LogP) is 3.05. The predicted molar refractivity (Wildman–Crippen MR) is 75.8 cm³/mol. The summed E-state index contributed by atoms with van der Waals surface area (Å²) in [6.07, 6.45) is 9.52. The minimum absolute atomic E-state index is 0.640. The third-order valence-electron chi connectivity index (χ3n) is 3.78. The lowest BCUT2D eigenvalue weighted by Gasteiger charge is -2.20. The van der Waals surface area contributed by atoms with Gasteiger partial charge < -0.3 is 10.0 Å². The Bertz CT molecular complexity index is 381. The normalized spacial score (nSPS) is 17.8. The first-order valence-corrected chi connectivity index (χ1v) is 6.89. The van der Waals surface area contributed by atoms with Crippen molar-refractivity contribution in [3.63, 3.8) is 0 Å². The van der Waals surface area contributed by atoms with E-state index in [9.17, 15) is 10.0 Å². The molecule has 0 amide bonds. The van der Waals surface area contributed by atoms with Crippen molar-refractivity contribution in [1.29, 1.82) is 0 Å². The molecule has 2 rings (SSSR count). The minimum Gasteiger partial charge on any atom is -0.423 e. The van der Waals surface area contributed by atoms with Gasteiger partial charge in [-0.25, -0.2) is 0 Å². The van der Waals surface area contributed by atoms with Crippen molar-refractivity contribution in [1.82, 2.24) is 0 Å². The Morgan fingerprint density at radius 3 is 2.39 bits per heavy atom. The van der Waals surface area contributed by atoms with Gasteiger partial charge >= 0.3 is 7.12 Å². The summed E-state index contributed by atoms with van der Waals surface area (Å²) in [6, 6.07) is 9.63. The van der Waals surface area contributed by atoms with Gasteiger partial charge in [0.15, 0.2) is 0 Å². The van der Waals surface area contributed by atoms with Gasteiger partial charge in [0.2, 0.25) is 0 Å². The molecule has 0 bridgehead atoms. The molecule has 0 aliphatic heterocycles. The number of benzene rings is 1. The lowest BCUT2D eigenvalue weighted by molar-refractivity contribution is 0.361. The zero-order valence-corrected chi connectivity index (χ0v) is 10.8. The van der Waals surface area contributed by atoms with Gasteiger partial charge in [-0.1, -0.05) is 68.5 Å². The van der Waals surface area contributed by atoms with E-state index in [-0.39, 0.29) is 0 Å². The summed E-state index contributed by atoms with van der Waals surface area (Å²) < 4.78 is 0. The molecule has 1 aromatic carbocycles. The average Bonchev–Trinajstić information content (AvgIpc) is 2.41. The molecule has 1 fully saturated rings. The lowest BCUT2D eigenvalue weighted by atomic mass is 9.73. The molecule has 18 heavy (non-hydrogen) atoms. The van der Waals surface area contributed by atoms with Crippen LogP contribution in [0.3, 0.4) is 0 Å². The number of rotatable bonds is 4. The Labute approximate surface area is 110 Å². The van der Waals surface area contributed by atoms with E-state index in [2.05, 4.69) is 0 Å². The first-order chi connectivity index (χ1) is 8.77. The third kappa shape index (κ3) is 3.72. The van der Waals surface area contributed by atoms with Crippen LogP contribution in [-0.4, -0.2) is 17.2 Å². The Morgan fingerprint density at radius 1 is 1.11 bits per heavy atom. The van der Waals surface area contributed by atoms with Gasteiger partial charge in [-0.2, -0.15) is 0 Å². The highest BCUT2D eigenvalue weighted by molar-refractivity contribution is 6.65. The molecule has 0 saturated heterocycles. The molecule has 1 saturated carbocycles. The summed E-state index contributed by atoms with van der Waals surface area (Å²) in [7, 11) is -1.38. The van der Waals surface area contributed by atoms with Crippen LogP contribution in [-0.2, 0) is 0 Å². The molecular weight excluding hydrogens is 223 g/mol. The molecule has 3 heteroatoms. The quantitative estimate of drug-likeness (QED) is 0.799. The molecular formula is C15H21BO2. The molecule has 0 unspecified atom stereocenters. The number of hydrogen-bond donors (Lipinski definition) is 2. The molecule has 96 valence electrons. The average molecular weight is 244 g/mol. The Morgan fingerprint density at radius 2 is 1.78 bits per heavy atom. The van der Waals surface area contributed by atoms with E-state index in [1.807, 2.05) is 36.4 Å². The highest BCUT2D eigenvalue weighted by Gasteiger charge is 2.18. The second-order valence-corrected chi connectivity index (χ2v) is 5.14. The van der Waals surface area contributed by atoms with Crippen molar-refractivity contribution < 1.29 is 10.0 Å². The molecule has 1 aliphatic rings. The van der Waals surface area contributed by atoms with Gasteiger partial charge in [0.1, 0.15) is 0 Å². The van der Waals surface area contributed by atoms with Crippen LogP contribution in [0.2, 0.25) is 0 Å². The summed E-state index contributed by atoms with van der Waals surface area (Å²) in [6.45, 7) is 0. The van der Waals surface area contributed by atoms with Gasteiger partial charge in [0.25, 0.3) is 0 Å². The highest BCUT2D eigenvalue weighted by Crippen LogP contribution is 2.28. The van der Waals surface area contributed by atoms with E-state index >= 15 is 0 Å². The van der Waals surface area contributed by atoms with Gasteiger partial charge in [0, 0.05) is 0 Å². The van der Waals surface area contributed by atoms with Gasteiger partial charge in [-0.3, -0.25) is 0 Å². The van der Waals surface area contributed by atoms with Crippen LogP contribution in [0.4, 0.5) is 0 Å². The fourth-order valence-electron chi connectivity index (χ4n) is 2.72. The Balaban J connectivity index is 2.05. The molecule has 2 N–H and O–H groups in total. The van der Waals surface area contributed by atoms with Crippen LogP contribution >= 0.6 is 0 Å². The first-order valence-electron chi connectivity index (χ1n) is 6.89. The smallest absolute Gasteiger partial charge is 0.423 e. The summed E-state index contributed by atoms with van der Waals surface area (Å²) in [5.74, 6) is 0.719. The third-order valence-corrected chi connectivity index (χ3v) is 3.78. The SMILES string of the molecule is OB(O)/C(=C\CC1CCCCC1)c1ccccc1. The number of allylic oxidation sites excluding steroid dienone is 1. The molecule has 0 radical (unpaired) electrons. The largest absolute Gasteiger partial charge is 0.488 e. The van der Waals surface area contributed by atoms with Crippen LogP contribution in [0.5, 0.6) is 0 Å². The standard InChI is InChI=1S/C15H21BO2/c17-16(18)15(14-9-5-2-6-10-14)12-11-13-7-3-1-4-8-13/h2,5-6,9-10,12-13,17-18H,1,3-4,7-8,11H2/b15-12-. The van der Waals surface area contributed by atoms with Crippen LogP contribution in [0.15, 0.2) is 36.4 Å². The second-order valence-electron chi connectivity index (χ2n) is 5.14. The summed E-state index contributed by atoms with van der Waals surface area (Å²) in [5, 5.41) is 19.0. The van der Waals surface area contributed by atoms with E-state index in [1.165, 1.54) is 32.1 Å². The van der Waals surface area contributed by atoms with Crippen molar-refractivity contribution in [2.45, 2.75) is 38.5 Å². The van der Waals surface area contributed by atoms with Gasteiger partial charge in [-0.15, -0.1) is 0 Å². The van der Waals surface area contributed by atoms with E-state index in [0.29, 0.717) is 5.47 Å². The number of hydrogen-bond acceptors (Lipinski definition) is 2. The molecule has 0 aromatic heterocycles. The zero-order valence-electron chi connectivity index (χ0n) is 10.8. The highest BCUT2D eigenvalue weighted by atomic mass is 16.4. The molecule has 0 spiro atoms. The summed E-state index contributed by atoms with van der Waals surface area (Å²) in [4.78, 5) is 0. The maximum Gasteiger partial charge on any atom is 0.488 e. The molecule has 0 atom stereocenters. The van der Waals surface area contributed by atoms with Crippen LogP contribution in [0, 0.1) is 5.92 Å². The van der Waals surface area contributed by atoms with Gasteiger partial charge in [-0.05, 0) is 23.4 Å². The molecule has 2 nitrogen and oxygen atoms in total. The van der Waals surface area contributed by atoms with Crippen LogP contribution < -0.4 is 0 Å². The summed E-state index contributed by atoms with van der Waals surface area (Å²) >= 11 is 0. The molecule has 1 aliphatic carbocycles. The maximum atomic E-state index is 9.48.